The lowest BCUT2D eigenvalue weighted by molar-refractivity contribution is 0.0902. The highest BCUT2D eigenvalue weighted by molar-refractivity contribution is 6.16. The highest BCUT2D eigenvalue weighted by Crippen LogP contribution is 2.10. The molecule has 1 amide bonds. The van der Waals surface area contributed by atoms with Gasteiger partial charge in [-0.25, -0.2) is 4.98 Å². The van der Waals surface area contributed by atoms with E-state index in [4.69, 9.17) is 16.0 Å². The van der Waals surface area contributed by atoms with Crippen LogP contribution < -0.4 is 5.32 Å². The fourth-order valence-electron chi connectivity index (χ4n) is 1.75. The van der Waals surface area contributed by atoms with Gasteiger partial charge in [-0.05, 0) is 18.6 Å². The summed E-state index contributed by atoms with van der Waals surface area (Å²) in [6, 6.07) is 3.38. The smallest absolute Gasteiger partial charge is 0.287 e. The number of aromatic nitrogens is 2. The predicted octanol–water partition coefficient (Wildman–Crippen LogP) is 2.42. The fraction of sp³-hybridized carbons (Fsp3) is 0.385. The summed E-state index contributed by atoms with van der Waals surface area (Å²) < 4.78 is 7.24. The van der Waals surface area contributed by atoms with E-state index in [0.29, 0.717) is 18.1 Å². The first kappa shape index (κ1) is 13.7. The van der Waals surface area contributed by atoms with E-state index in [1.807, 2.05) is 17.7 Å². The van der Waals surface area contributed by atoms with Crippen LogP contribution in [0.15, 0.2) is 35.3 Å². The number of rotatable bonds is 6. The number of furan rings is 1. The van der Waals surface area contributed by atoms with E-state index in [1.54, 1.807) is 24.7 Å². The minimum atomic E-state index is -0.219. The summed E-state index contributed by atoms with van der Waals surface area (Å²) >= 11 is 5.64. The third-order valence-electron chi connectivity index (χ3n) is 2.84. The molecule has 0 aliphatic rings. The van der Waals surface area contributed by atoms with Crippen molar-refractivity contribution in [2.75, 3.05) is 0 Å². The number of halogens is 1. The van der Waals surface area contributed by atoms with Crippen LogP contribution in [-0.2, 0) is 12.4 Å². The van der Waals surface area contributed by atoms with E-state index in [-0.39, 0.29) is 17.8 Å². The van der Waals surface area contributed by atoms with Gasteiger partial charge < -0.3 is 14.3 Å². The third kappa shape index (κ3) is 3.61. The summed E-state index contributed by atoms with van der Waals surface area (Å²) in [5.41, 5.74) is 0. The molecule has 0 bridgehead atoms. The number of carbonyl (C=O) groups excluding carboxylic acids is 1. The molecular formula is C13H16ClN3O2. The molecule has 6 heteroatoms. The Labute approximate surface area is 116 Å². The molecule has 1 N–H and O–H groups in total. The van der Waals surface area contributed by atoms with Crippen LogP contribution in [0, 0.1) is 0 Å². The summed E-state index contributed by atoms with van der Waals surface area (Å²) in [7, 11) is 0. The molecule has 2 heterocycles. The van der Waals surface area contributed by atoms with Crippen LogP contribution in [0.4, 0.5) is 0 Å². The lowest BCUT2D eigenvalue weighted by atomic mass is 10.2. The predicted molar refractivity (Wildman–Crippen MR) is 72.0 cm³/mol. The van der Waals surface area contributed by atoms with Crippen molar-refractivity contribution in [3.05, 3.63) is 42.4 Å². The molecule has 0 aliphatic heterocycles. The van der Waals surface area contributed by atoms with E-state index >= 15 is 0 Å². The number of hydrogen-bond donors (Lipinski definition) is 1. The maximum Gasteiger partial charge on any atom is 0.287 e. The quantitative estimate of drug-likeness (QED) is 0.827. The van der Waals surface area contributed by atoms with E-state index in [9.17, 15) is 4.79 Å². The number of carbonyl (C=O) groups is 1. The van der Waals surface area contributed by atoms with E-state index in [2.05, 4.69) is 10.3 Å². The van der Waals surface area contributed by atoms with Crippen molar-refractivity contribution >= 4 is 17.5 Å². The Morgan fingerprint density at radius 2 is 2.42 bits per heavy atom. The first-order valence-corrected chi connectivity index (χ1v) is 6.67. The monoisotopic (exact) mass is 281 g/mol. The number of imidazole rings is 1. The Morgan fingerprint density at radius 1 is 1.58 bits per heavy atom. The minimum Gasteiger partial charge on any atom is -0.455 e. The van der Waals surface area contributed by atoms with Gasteiger partial charge in [0.25, 0.3) is 5.91 Å². The number of nitrogens with one attached hydrogen (secondary N) is 1. The summed E-state index contributed by atoms with van der Waals surface area (Å²) in [4.78, 5) is 16.0. The molecule has 1 unspecified atom stereocenters. The molecule has 2 aromatic rings. The van der Waals surface area contributed by atoms with Crippen molar-refractivity contribution in [1.29, 1.82) is 0 Å². The van der Waals surface area contributed by atoms with Crippen molar-refractivity contribution in [3.63, 3.8) is 0 Å². The second kappa shape index (κ2) is 6.43. The molecule has 0 saturated carbocycles. The Hall–Kier alpha value is -1.75. The maximum absolute atomic E-state index is 12.0. The van der Waals surface area contributed by atoms with Crippen LogP contribution in [0.5, 0.6) is 0 Å². The first-order valence-electron chi connectivity index (χ1n) is 6.14. The molecule has 5 nitrogen and oxygen atoms in total. The zero-order valence-electron chi connectivity index (χ0n) is 10.7. The molecule has 0 aliphatic carbocycles. The standard InChI is InChI=1S/C13H16ClN3O2/c1-2-10(8-17-6-5-15-9-17)16-13(18)12-4-3-11(7-14)19-12/h3-6,9-10H,2,7-8H2,1H3,(H,16,18). The highest BCUT2D eigenvalue weighted by Gasteiger charge is 2.15. The van der Waals surface area contributed by atoms with Gasteiger partial charge in [0.2, 0.25) is 0 Å². The normalized spacial score (nSPS) is 12.3. The SMILES string of the molecule is CCC(Cn1ccnc1)NC(=O)c1ccc(CCl)o1. The van der Waals surface area contributed by atoms with Gasteiger partial charge in [-0.3, -0.25) is 4.79 Å². The number of alkyl halides is 1. The van der Waals surface area contributed by atoms with Crippen molar-refractivity contribution in [3.8, 4) is 0 Å². The molecule has 1 atom stereocenters. The largest absolute Gasteiger partial charge is 0.455 e. The van der Waals surface area contributed by atoms with Gasteiger partial charge in [0.05, 0.1) is 12.2 Å². The number of hydrogen-bond acceptors (Lipinski definition) is 3. The van der Waals surface area contributed by atoms with Gasteiger partial charge in [-0.2, -0.15) is 0 Å². The summed E-state index contributed by atoms with van der Waals surface area (Å²) in [5, 5.41) is 2.93. The Balaban J connectivity index is 1.95. The second-order valence-electron chi connectivity index (χ2n) is 4.24. The van der Waals surface area contributed by atoms with Crippen LogP contribution in [0.3, 0.4) is 0 Å². The van der Waals surface area contributed by atoms with Gasteiger partial charge in [-0.15, -0.1) is 11.6 Å². The molecule has 102 valence electrons. The van der Waals surface area contributed by atoms with Crippen LogP contribution in [0.25, 0.3) is 0 Å². The van der Waals surface area contributed by atoms with Crippen LogP contribution in [0.1, 0.15) is 29.7 Å². The molecule has 0 fully saturated rings. The summed E-state index contributed by atoms with van der Waals surface area (Å²) in [6.45, 7) is 2.71. The zero-order valence-corrected chi connectivity index (χ0v) is 11.4. The van der Waals surface area contributed by atoms with E-state index in [1.165, 1.54) is 0 Å². The van der Waals surface area contributed by atoms with Crippen molar-refractivity contribution in [2.24, 2.45) is 0 Å². The van der Waals surface area contributed by atoms with Crippen LogP contribution >= 0.6 is 11.6 Å². The lowest BCUT2D eigenvalue weighted by Crippen LogP contribution is -2.37. The first-order chi connectivity index (χ1) is 9.22. The topological polar surface area (TPSA) is 60.1 Å². The maximum atomic E-state index is 12.0. The van der Waals surface area contributed by atoms with Crippen LogP contribution in [0.2, 0.25) is 0 Å². The van der Waals surface area contributed by atoms with Crippen molar-refractivity contribution < 1.29 is 9.21 Å². The molecule has 2 rings (SSSR count). The number of nitrogens with zero attached hydrogens (tertiary/aromatic N) is 2. The van der Waals surface area contributed by atoms with E-state index < -0.39 is 0 Å². The third-order valence-corrected chi connectivity index (χ3v) is 3.10. The summed E-state index contributed by atoms with van der Waals surface area (Å²) in [6.07, 6.45) is 6.14. The Morgan fingerprint density at radius 3 is 3.00 bits per heavy atom. The molecule has 0 spiro atoms. The van der Waals surface area contributed by atoms with Crippen molar-refractivity contribution in [2.45, 2.75) is 31.8 Å². The zero-order chi connectivity index (χ0) is 13.7. The van der Waals surface area contributed by atoms with Gasteiger partial charge in [-0.1, -0.05) is 6.92 Å². The average molecular weight is 282 g/mol. The molecule has 19 heavy (non-hydrogen) atoms. The van der Waals surface area contributed by atoms with Crippen LogP contribution in [-0.4, -0.2) is 21.5 Å². The van der Waals surface area contributed by atoms with Gasteiger partial charge >= 0.3 is 0 Å². The highest BCUT2D eigenvalue weighted by atomic mass is 35.5. The molecule has 0 radical (unpaired) electrons. The molecule has 0 aromatic carbocycles. The van der Waals surface area contributed by atoms with Gasteiger partial charge in [0.1, 0.15) is 5.76 Å². The lowest BCUT2D eigenvalue weighted by Gasteiger charge is -2.16. The molecule has 0 saturated heterocycles. The second-order valence-corrected chi connectivity index (χ2v) is 4.50. The Bertz CT molecular complexity index is 522. The van der Waals surface area contributed by atoms with Gasteiger partial charge in [0.15, 0.2) is 5.76 Å². The van der Waals surface area contributed by atoms with Crippen molar-refractivity contribution in [1.82, 2.24) is 14.9 Å². The molecular weight excluding hydrogens is 266 g/mol. The summed E-state index contributed by atoms with van der Waals surface area (Å²) in [5.74, 6) is 0.928. The van der Waals surface area contributed by atoms with E-state index in [0.717, 1.165) is 6.42 Å². The minimum absolute atomic E-state index is 0.0336. The Kier molecular flexibility index (Phi) is 4.63. The average Bonchev–Trinajstić information content (AvgIpc) is 3.08. The van der Waals surface area contributed by atoms with Gasteiger partial charge in [0, 0.05) is 25.0 Å². The molecule has 2 aromatic heterocycles. The number of amides is 1. The fourth-order valence-corrected chi connectivity index (χ4v) is 1.90.